The topological polar surface area (TPSA) is 112 Å². The number of hydrogen-bond acceptors (Lipinski definition) is 8. The zero-order valence-corrected chi connectivity index (χ0v) is 18.9. The Kier molecular flexibility index (Phi) is 6.28. The number of anilines is 1. The van der Waals surface area contributed by atoms with Crippen LogP contribution < -0.4 is 11.2 Å². The minimum Gasteiger partial charge on any atom is -0.465 e. The quantitative estimate of drug-likeness (QED) is 0.332. The van der Waals surface area contributed by atoms with E-state index in [9.17, 15) is 9.59 Å². The number of benzene rings is 1. The Morgan fingerprint density at radius 3 is 2.84 bits per heavy atom. The van der Waals surface area contributed by atoms with Gasteiger partial charge in [-0.2, -0.15) is 0 Å². The van der Waals surface area contributed by atoms with Gasteiger partial charge in [0.2, 0.25) is 11.1 Å². The molecule has 2 aromatic heterocycles. The fourth-order valence-electron chi connectivity index (χ4n) is 3.61. The molecule has 10 heteroatoms. The summed E-state index contributed by atoms with van der Waals surface area (Å²) in [5.74, 6) is 6.63. The van der Waals surface area contributed by atoms with E-state index in [-0.39, 0.29) is 11.7 Å². The summed E-state index contributed by atoms with van der Waals surface area (Å²) in [7, 11) is 1.36. The number of carbonyl (C=O) groups is 2. The van der Waals surface area contributed by atoms with Gasteiger partial charge in [0.05, 0.1) is 18.4 Å². The molecule has 1 atom stereocenters. The Morgan fingerprint density at radius 1 is 1.32 bits per heavy atom. The van der Waals surface area contributed by atoms with Crippen molar-refractivity contribution in [1.29, 1.82) is 0 Å². The molecule has 31 heavy (non-hydrogen) atoms. The van der Waals surface area contributed by atoms with E-state index >= 15 is 0 Å². The number of thioether (sulfide) groups is 1. The number of ether oxygens (including phenoxy) is 1. The Balaban J connectivity index is 1.46. The van der Waals surface area contributed by atoms with E-state index in [1.54, 1.807) is 0 Å². The van der Waals surface area contributed by atoms with Gasteiger partial charge in [0.25, 0.3) is 0 Å². The van der Waals surface area contributed by atoms with E-state index in [4.69, 9.17) is 10.6 Å². The van der Waals surface area contributed by atoms with Crippen molar-refractivity contribution in [2.24, 2.45) is 5.92 Å². The molecule has 0 aliphatic heterocycles. The summed E-state index contributed by atoms with van der Waals surface area (Å²) in [6, 6.07) is 9.48. The van der Waals surface area contributed by atoms with Gasteiger partial charge in [0.15, 0.2) is 5.82 Å². The summed E-state index contributed by atoms with van der Waals surface area (Å²) in [6.07, 6.45) is 2.75. The second-order valence-electron chi connectivity index (χ2n) is 7.43. The van der Waals surface area contributed by atoms with Crippen LogP contribution in [0.2, 0.25) is 0 Å². The van der Waals surface area contributed by atoms with Crippen molar-refractivity contribution in [1.82, 2.24) is 14.9 Å². The largest absolute Gasteiger partial charge is 0.465 e. The molecule has 0 saturated heterocycles. The summed E-state index contributed by atoms with van der Waals surface area (Å²) in [4.78, 5) is 26.2. The van der Waals surface area contributed by atoms with Crippen molar-refractivity contribution in [3.8, 4) is 11.4 Å². The van der Waals surface area contributed by atoms with Gasteiger partial charge in [0, 0.05) is 10.4 Å². The van der Waals surface area contributed by atoms with E-state index in [2.05, 4.69) is 22.4 Å². The van der Waals surface area contributed by atoms with Crippen molar-refractivity contribution in [3.05, 3.63) is 46.3 Å². The lowest BCUT2D eigenvalue weighted by Crippen LogP contribution is -2.18. The minimum atomic E-state index is -0.413. The molecule has 0 unspecified atom stereocenters. The van der Waals surface area contributed by atoms with Crippen molar-refractivity contribution >= 4 is 40.0 Å². The molecule has 1 aliphatic rings. The number of carbonyl (C=O) groups excluding carboxylic acids is 2. The molecule has 0 fully saturated rings. The number of nitrogens with one attached hydrogen (secondary N) is 1. The van der Waals surface area contributed by atoms with Crippen molar-refractivity contribution in [2.45, 2.75) is 31.3 Å². The number of nitrogens with two attached hydrogens (primary N) is 1. The summed E-state index contributed by atoms with van der Waals surface area (Å²) < 4.78 is 6.35. The molecule has 3 N–H and O–H groups in total. The van der Waals surface area contributed by atoms with Crippen LogP contribution in [0.4, 0.5) is 5.00 Å². The van der Waals surface area contributed by atoms with Gasteiger partial charge in [-0.05, 0) is 30.7 Å². The van der Waals surface area contributed by atoms with Crippen molar-refractivity contribution < 1.29 is 14.3 Å². The number of nitrogens with zero attached hydrogens (tertiary/aromatic N) is 3. The molecule has 0 radical (unpaired) electrons. The van der Waals surface area contributed by atoms with Gasteiger partial charge >= 0.3 is 5.97 Å². The minimum absolute atomic E-state index is 0.0870. The molecule has 0 saturated carbocycles. The number of aromatic nitrogens is 3. The first-order valence-electron chi connectivity index (χ1n) is 9.89. The van der Waals surface area contributed by atoms with Crippen molar-refractivity contribution in [2.75, 3.05) is 24.0 Å². The van der Waals surface area contributed by atoms with E-state index in [1.807, 2.05) is 30.3 Å². The third-order valence-electron chi connectivity index (χ3n) is 5.18. The highest BCUT2D eigenvalue weighted by Gasteiger charge is 2.29. The highest BCUT2D eigenvalue weighted by Crippen LogP contribution is 2.40. The molecule has 1 aliphatic carbocycles. The molecule has 1 aromatic carbocycles. The molecule has 0 bridgehead atoms. The lowest BCUT2D eigenvalue weighted by molar-refractivity contribution is -0.113. The second-order valence-corrected chi connectivity index (χ2v) is 9.47. The van der Waals surface area contributed by atoms with Crippen LogP contribution in [0.5, 0.6) is 0 Å². The molecule has 4 rings (SSSR count). The Labute approximate surface area is 188 Å². The molecular weight excluding hydrogens is 434 g/mol. The van der Waals surface area contributed by atoms with Gasteiger partial charge < -0.3 is 15.9 Å². The first kappa shape index (κ1) is 21.4. The standard InChI is InChI=1S/C21H23N5O3S2/c1-12-8-9-14-15(10-12)31-19(17(14)20(28)29-2)23-16(27)11-30-21-25-24-18(26(21)22)13-6-4-3-5-7-13/h3-7,12H,8-11,22H2,1-2H3,(H,23,27)/t12-/m1/s1. The number of esters is 1. The Bertz CT molecular complexity index is 1110. The van der Waals surface area contributed by atoms with Crippen LogP contribution in [0.1, 0.15) is 34.1 Å². The maximum Gasteiger partial charge on any atom is 0.341 e. The monoisotopic (exact) mass is 457 g/mol. The molecule has 3 aromatic rings. The average molecular weight is 458 g/mol. The predicted octanol–water partition coefficient (Wildman–Crippen LogP) is 3.36. The molecule has 162 valence electrons. The Morgan fingerprint density at radius 2 is 2.10 bits per heavy atom. The third kappa shape index (κ3) is 4.45. The van der Waals surface area contributed by atoms with E-state index in [1.165, 1.54) is 34.9 Å². The highest BCUT2D eigenvalue weighted by molar-refractivity contribution is 7.99. The van der Waals surface area contributed by atoms with E-state index in [0.717, 1.165) is 35.3 Å². The lowest BCUT2D eigenvalue weighted by Gasteiger charge is -2.18. The fourth-order valence-corrected chi connectivity index (χ4v) is 5.68. The first-order chi connectivity index (χ1) is 15.0. The maximum atomic E-state index is 12.6. The van der Waals surface area contributed by atoms with Crippen LogP contribution in [0.25, 0.3) is 11.4 Å². The molecule has 2 heterocycles. The number of thiophene rings is 1. The zero-order valence-electron chi connectivity index (χ0n) is 17.3. The van der Waals surface area contributed by atoms with Gasteiger partial charge in [-0.3, -0.25) is 4.79 Å². The smallest absolute Gasteiger partial charge is 0.341 e. The second kappa shape index (κ2) is 9.11. The fraction of sp³-hybridized carbons (Fsp3) is 0.333. The molecule has 8 nitrogen and oxygen atoms in total. The van der Waals surface area contributed by atoms with Crippen LogP contribution in [0.3, 0.4) is 0 Å². The van der Waals surface area contributed by atoms with Crippen molar-refractivity contribution in [3.63, 3.8) is 0 Å². The highest BCUT2D eigenvalue weighted by atomic mass is 32.2. The number of fused-ring (bicyclic) bond motifs is 1. The third-order valence-corrected chi connectivity index (χ3v) is 7.30. The normalized spacial score (nSPS) is 15.4. The van der Waals surface area contributed by atoms with Gasteiger partial charge in [-0.25, -0.2) is 9.47 Å². The summed E-state index contributed by atoms with van der Waals surface area (Å²) in [5.41, 5.74) is 2.34. The zero-order chi connectivity index (χ0) is 22.0. The van der Waals surface area contributed by atoms with E-state index in [0.29, 0.717) is 27.5 Å². The maximum absolute atomic E-state index is 12.6. The number of methoxy groups -OCH3 is 1. The summed E-state index contributed by atoms with van der Waals surface area (Å²) in [5, 5.41) is 12.1. The van der Waals surface area contributed by atoms with E-state index < -0.39 is 5.97 Å². The van der Waals surface area contributed by atoms with Crippen LogP contribution in [0, 0.1) is 5.92 Å². The first-order valence-corrected chi connectivity index (χ1v) is 11.7. The van der Waals surface area contributed by atoms with Gasteiger partial charge in [-0.15, -0.1) is 21.5 Å². The average Bonchev–Trinajstić information content (AvgIpc) is 3.31. The predicted molar refractivity (Wildman–Crippen MR) is 122 cm³/mol. The van der Waals surface area contributed by atoms with Crippen LogP contribution in [-0.4, -0.2) is 39.6 Å². The summed E-state index contributed by atoms with van der Waals surface area (Å²) >= 11 is 2.65. The van der Waals surface area contributed by atoms with Gasteiger partial charge in [-0.1, -0.05) is 49.0 Å². The summed E-state index contributed by atoms with van der Waals surface area (Å²) in [6.45, 7) is 2.20. The molecule has 1 amide bonds. The number of rotatable bonds is 6. The van der Waals surface area contributed by atoms with Crippen LogP contribution in [-0.2, 0) is 22.4 Å². The number of amides is 1. The number of hydrogen-bond donors (Lipinski definition) is 2. The lowest BCUT2D eigenvalue weighted by atomic mass is 9.88. The molecule has 0 spiro atoms. The van der Waals surface area contributed by atoms with Crippen LogP contribution in [0.15, 0.2) is 35.5 Å². The number of nitrogen functional groups attached to an aromatic ring is 1. The Hall–Kier alpha value is -2.85. The SMILES string of the molecule is COC(=O)c1c(NC(=O)CSc2nnc(-c3ccccc3)n2N)sc2c1CC[C@@H](C)C2. The van der Waals surface area contributed by atoms with Gasteiger partial charge in [0.1, 0.15) is 5.00 Å². The van der Waals surface area contributed by atoms with Crippen LogP contribution >= 0.6 is 23.1 Å². The molecular formula is C21H23N5O3S2.